The quantitative estimate of drug-likeness (QED) is 0.380. The van der Waals surface area contributed by atoms with Crippen molar-refractivity contribution in [3.63, 3.8) is 0 Å². The minimum Gasteiger partial charge on any atom is -0.507 e. The van der Waals surface area contributed by atoms with E-state index in [-0.39, 0.29) is 23.2 Å². The number of rotatable bonds is 8. The van der Waals surface area contributed by atoms with E-state index in [9.17, 15) is 14.3 Å². The third-order valence-corrected chi connectivity index (χ3v) is 5.76. The first-order chi connectivity index (χ1) is 15.6. The van der Waals surface area contributed by atoms with Crippen molar-refractivity contribution in [3.8, 4) is 17.1 Å². The van der Waals surface area contributed by atoms with Gasteiger partial charge in [0.1, 0.15) is 11.6 Å². The molecule has 1 amide bonds. The number of halogens is 1. The van der Waals surface area contributed by atoms with Crippen LogP contribution in [-0.4, -0.2) is 31.5 Å². The van der Waals surface area contributed by atoms with Gasteiger partial charge in [0.05, 0.1) is 11.3 Å². The third-order valence-electron chi connectivity index (χ3n) is 4.79. The molecule has 0 bridgehead atoms. The Morgan fingerprint density at radius 2 is 1.69 bits per heavy atom. The van der Waals surface area contributed by atoms with Crippen molar-refractivity contribution in [1.82, 2.24) is 14.8 Å². The van der Waals surface area contributed by atoms with E-state index in [0.29, 0.717) is 28.8 Å². The van der Waals surface area contributed by atoms with Gasteiger partial charge in [-0.1, -0.05) is 54.2 Å². The molecule has 8 heteroatoms. The van der Waals surface area contributed by atoms with Gasteiger partial charge in [-0.05, 0) is 48.4 Å². The summed E-state index contributed by atoms with van der Waals surface area (Å²) in [5, 5.41) is 22.2. The molecule has 0 aliphatic carbocycles. The van der Waals surface area contributed by atoms with Gasteiger partial charge < -0.3 is 15.0 Å². The van der Waals surface area contributed by atoms with Crippen molar-refractivity contribution < 1.29 is 14.3 Å². The molecule has 4 rings (SSSR count). The highest BCUT2D eigenvalue weighted by atomic mass is 32.2. The van der Waals surface area contributed by atoms with Crippen LogP contribution in [0.2, 0.25) is 0 Å². The Hall–Kier alpha value is -3.65. The number of nitrogens with zero attached hydrogens (tertiary/aromatic N) is 3. The summed E-state index contributed by atoms with van der Waals surface area (Å²) >= 11 is 1.26. The number of aromatic nitrogens is 3. The number of phenolic OH excluding ortho intramolecular Hbond substituents is 1. The number of phenols is 1. The fourth-order valence-electron chi connectivity index (χ4n) is 3.20. The second-order valence-corrected chi connectivity index (χ2v) is 8.00. The monoisotopic (exact) mass is 448 g/mol. The molecule has 0 saturated carbocycles. The topological polar surface area (TPSA) is 80.0 Å². The van der Waals surface area contributed by atoms with Gasteiger partial charge in [0.2, 0.25) is 5.91 Å². The highest BCUT2D eigenvalue weighted by molar-refractivity contribution is 7.99. The molecule has 0 saturated heterocycles. The van der Waals surface area contributed by atoms with Crippen LogP contribution < -0.4 is 5.32 Å². The van der Waals surface area contributed by atoms with E-state index in [4.69, 9.17) is 0 Å². The van der Waals surface area contributed by atoms with Gasteiger partial charge in [0.15, 0.2) is 11.0 Å². The fraction of sp³-hybridized carbons (Fsp3) is 0.125. The lowest BCUT2D eigenvalue weighted by molar-refractivity contribution is -0.113. The second kappa shape index (κ2) is 10.1. The van der Waals surface area contributed by atoms with E-state index in [2.05, 4.69) is 15.5 Å². The number of aromatic hydroxyl groups is 1. The normalized spacial score (nSPS) is 10.8. The van der Waals surface area contributed by atoms with E-state index in [0.717, 1.165) is 12.0 Å². The Kier molecular flexibility index (Phi) is 6.81. The number of thioether (sulfide) groups is 1. The van der Waals surface area contributed by atoms with Crippen LogP contribution in [0.25, 0.3) is 11.4 Å². The molecular formula is C24H21FN4O2S. The van der Waals surface area contributed by atoms with Crippen molar-refractivity contribution >= 4 is 23.4 Å². The molecule has 0 radical (unpaired) electrons. The van der Waals surface area contributed by atoms with Crippen molar-refractivity contribution in [1.29, 1.82) is 0 Å². The van der Waals surface area contributed by atoms with Crippen LogP contribution >= 0.6 is 11.8 Å². The fourth-order valence-corrected chi connectivity index (χ4v) is 3.97. The summed E-state index contributed by atoms with van der Waals surface area (Å²) in [5.74, 6) is 0.178. The zero-order valence-electron chi connectivity index (χ0n) is 17.1. The van der Waals surface area contributed by atoms with Crippen LogP contribution in [0.5, 0.6) is 5.75 Å². The molecule has 4 aromatic rings. The van der Waals surface area contributed by atoms with Crippen LogP contribution in [0.15, 0.2) is 84.0 Å². The van der Waals surface area contributed by atoms with Gasteiger partial charge in [0.25, 0.3) is 0 Å². The van der Waals surface area contributed by atoms with Gasteiger partial charge >= 0.3 is 0 Å². The molecule has 0 fully saturated rings. The predicted octanol–water partition coefficient (Wildman–Crippen LogP) is 4.76. The Morgan fingerprint density at radius 3 is 2.44 bits per heavy atom. The Balaban J connectivity index is 1.52. The minimum atomic E-state index is -0.361. The zero-order chi connectivity index (χ0) is 22.3. The van der Waals surface area contributed by atoms with Crippen LogP contribution in [-0.2, 0) is 17.8 Å². The molecule has 6 nitrogen and oxygen atoms in total. The molecular weight excluding hydrogens is 427 g/mol. The standard InChI is InChI=1S/C24H21FN4O2S/c25-18-10-12-19(13-11-18)26-22(31)16-32-24-28-27-23(20-8-4-5-9-21(20)30)29(24)15-14-17-6-2-1-3-7-17/h1-13,30H,14-16H2,(H,26,31). The summed E-state index contributed by atoms with van der Waals surface area (Å²) in [6, 6.07) is 22.6. The van der Waals surface area contributed by atoms with Gasteiger partial charge in [-0.15, -0.1) is 10.2 Å². The van der Waals surface area contributed by atoms with Crippen molar-refractivity contribution in [2.24, 2.45) is 0 Å². The van der Waals surface area contributed by atoms with Gasteiger partial charge in [-0.3, -0.25) is 4.79 Å². The van der Waals surface area contributed by atoms with Crippen LogP contribution in [0.4, 0.5) is 10.1 Å². The molecule has 3 aromatic carbocycles. The first-order valence-electron chi connectivity index (χ1n) is 10.0. The smallest absolute Gasteiger partial charge is 0.234 e. The van der Waals surface area contributed by atoms with Crippen LogP contribution in [0, 0.1) is 5.82 Å². The minimum absolute atomic E-state index is 0.113. The summed E-state index contributed by atoms with van der Waals surface area (Å²) in [6.07, 6.45) is 0.745. The first kappa shape index (κ1) is 21.6. The lowest BCUT2D eigenvalue weighted by Gasteiger charge is -2.11. The summed E-state index contributed by atoms with van der Waals surface area (Å²) in [6.45, 7) is 0.586. The molecule has 0 spiro atoms. The molecule has 0 unspecified atom stereocenters. The number of carbonyl (C=O) groups excluding carboxylic acids is 1. The van der Waals surface area contributed by atoms with Gasteiger partial charge in [0, 0.05) is 12.2 Å². The lowest BCUT2D eigenvalue weighted by atomic mass is 10.1. The lowest BCUT2D eigenvalue weighted by Crippen LogP contribution is -2.15. The number of benzene rings is 3. The van der Waals surface area contributed by atoms with E-state index in [1.54, 1.807) is 18.2 Å². The first-order valence-corrected chi connectivity index (χ1v) is 11.0. The highest BCUT2D eigenvalue weighted by Gasteiger charge is 2.18. The van der Waals surface area contributed by atoms with Gasteiger partial charge in [-0.2, -0.15) is 0 Å². The Labute approximate surface area is 189 Å². The molecule has 0 aliphatic rings. The Bertz CT molecular complexity index is 1200. The number of hydrogen-bond acceptors (Lipinski definition) is 5. The third kappa shape index (κ3) is 5.33. The molecule has 32 heavy (non-hydrogen) atoms. The van der Waals surface area contributed by atoms with Crippen molar-refractivity contribution in [2.45, 2.75) is 18.1 Å². The highest BCUT2D eigenvalue weighted by Crippen LogP contribution is 2.30. The van der Waals surface area contributed by atoms with E-state index in [1.807, 2.05) is 41.0 Å². The van der Waals surface area contributed by atoms with Crippen molar-refractivity contribution in [3.05, 3.63) is 90.2 Å². The molecule has 1 heterocycles. The SMILES string of the molecule is O=C(CSc1nnc(-c2ccccc2O)n1CCc1ccccc1)Nc1ccc(F)cc1. The maximum Gasteiger partial charge on any atom is 0.234 e. The van der Waals surface area contributed by atoms with E-state index in [1.165, 1.54) is 36.0 Å². The average Bonchev–Trinajstić information content (AvgIpc) is 3.21. The van der Waals surface area contributed by atoms with E-state index >= 15 is 0 Å². The molecule has 2 N–H and O–H groups in total. The predicted molar refractivity (Wildman–Crippen MR) is 123 cm³/mol. The van der Waals surface area contributed by atoms with E-state index < -0.39 is 0 Å². The Morgan fingerprint density at radius 1 is 0.969 bits per heavy atom. The summed E-state index contributed by atoms with van der Waals surface area (Å²) < 4.78 is 15.0. The number of amides is 1. The number of nitrogens with one attached hydrogen (secondary N) is 1. The maximum absolute atomic E-state index is 13.1. The average molecular weight is 449 g/mol. The van der Waals surface area contributed by atoms with Crippen LogP contribution in [0.3, 0.4) is 0 Å². The molecule has 1 aromatic heterocycles. The maximum atomic E-state index is 13.1. The van der Waals surface area contributed by atoms with Crippen molar-refractivity contribution in [2.75, 3.05) is 11.1 Å². The number of para-hydroxylation sites is 1. The number of carbonyl (C=O) groups is 1. The number of hydrogen-bond donors (Lipinski definition) is 2. The molecule has 0 aliphatic heterocycles. The zero-order valence-corrected chi connectivity index (χ0v) is 17.9. The molecule has 0 atom stereocenters. The summed E-state index contributed by atoms with van der Waals surface area (Å²) in [4.78, 5) is 12.4. The molecule has 162 valence electrons. The summed E-state index contributed by atoms with van der Waals surface area (Å²) in [5.41, 5.74) is 2.27. The van der Waals surface area contributed by atoms with Gasteiger partial charge in [-0.25, -0.2) is 4.39 Å². The second-order valence-electron chi connectivity index (χ2n) is 7.05. The largest absolute Gasteiger partial charge is 0.507 e. The number of anilines is 1. The number of aryl methyl sites for hydroxylation is 1. The summed E-state index contributed by atoms with van der Waals surface area (Å²) in [7, 11) is 0. The van der Waals surface area contributed by atoms with Crippen LogP contribution in [0.1, 0.15) is 5.56 Å².